The van der Waals surface area contributed by atoms with Crippen molar-refractivity contribution in [2.75, 3.05) is 21.3 Å². The van der Waals surface area contributed by atoms with Crippen LogP contribution < -0.4 is 0 Å². The van der Waals surface area contributed by atoms with E-state index in [4.69, 9.17) is 20.9 Å². The molecule has 0 radical (unpaired) electrons. The zero-order valence-corrected chi connectivity index (χ0v) is 11.5. The van der Waals surface area contributed by atoms with E-state index in [1.165, 1.54) is 21.3 Å². The first kappa shape index (κ1) is 25.4. The van der Waals surface area contributed by atoms with Crippen LogP contribution in [0.25, 0.3) is 0 Å². The van der Waals surface area contributed by atoms with Crippen molar-refractivity contribution in [3.05, 3.63) is 30.3 Å². The smallest absolute Gasteiger partial charge is 0.115 e. The summed E-state index contributed by atoms with van der Waals surface area (Å²) in [5, 5.41) is 29.8. The standard InChI is InChI=1S/C6H6O.3CH4O2.Ti/c7-6-4-2-1-3-5-6;3*1-3-2;/h1-5,7H;3*2H,1H3;. The molecule has 0 aromatic heterocycles. The van der Waals surface area contributed by atoms with Crippen molar-refractivity contribution < 1.29 is 57.3 Å². The molecule has 0 aliphatic rings. The van der Waals surface area contributed by atoms with Crippen LogP contribution in [0.2, 0.25) is 0 Å². The van der Waals surface area contributed by atoms with Gasteiger partial charge in [0.1, 0.15) is 5.75 Å². The van der Waals surface area contributed by atoms with Gasteiger partial charge in [0, 0.05) is 21.7 Å². The van der Waals surface area contributed by atoms with Gasteiger partial charge in [-0.1, -0.05) is 18.2 Å². The molecule has 0 aliphatic carbocycles. The molecule has 0 atom stereocenters. The topological polar surface area (TPSA) is 109 Å². The maximum atomic E-state index is 8.63. The van der Waals surface area contributed by atoms with Gasteiger partial charge in [-0.05, 0) is 12.1 Å². The minimum Gasteiger partial charge on any atom is -0.508 e. The SMILES string of the molecule is COO.COO.COO.Oc1ccccc1.[Ti]. The summed E-state index contributed by atoms with van der Waals surface area (Å²) in [5.41, 5.74) is 0. The van der Waals surface area contributed by atoms with Crippen LogP contribution in [-0.4, -0.2) is 42.2 Å². The third-order valence-electron chi connectivity index (χ3n) is 0.756. The number of benzene rings is 1. The summed E-state index contributed by atoms with van der Waals surface area (Å²) in [6, 6.07) is 8.71. The van der Waals surface area contributed by atoms with E-state index in [-0.39, 0.29) is 21.7 Å². The molecule has 0 saturated carbocycles. The quantitative estimate of drug-likeness (QED) is 0.326. The fraction of sp³-hybridized carbons (Fsp3) is 0.333. The van der Waals surface area contributed by atoms with E-state index in [1.54, 1.807) is 24.3 Å². The van der Waals surface area contributed by atoms with Crippen molar-refractivity contribution in [2.24, 2.45) is 0 Å². The number of phenolic OH excluding ortho intramolecular Hbond substituents is 1. The van der Waals surface area contributed by atoms with Crippen LogP contribution in [0.4, 0.5) is 0 Å². The van der Waals surface area contributed by atoms with Crippen LogP contribution in [-0.2, 0) is 36.4 Å². The predicted molar refractivity (Wildman–Crippen MR) is 57.0 cm³/mol. The first-order chi connectivity index (χ1) is 7.64. The van der Waals surface area contributed by atoms with E-state index in [0.717, 1.165) is 0 Å². The Kier molecular flexibility index (Phi) is 44.1. The summed E-state index contributed by atoms with van der Waals surface area (Å²) >= 11 is 0. The summed E-state index contributed by atoms with van der Waals surface area (Å²) in [6.07, 6.45) is 0. The minimum atomic E-state index is 0. The number of rotatable bonds is 0. The maximum absolute atomic E-state index is 8.63. The zero-order chi connectivity index (χ0) is 13.2. The normalized spacial score (nSPS) is 6.71. The molecule has 0 unspecified atom stereocenters. The van der Waals surface area contributed by atoms with Crippen LogP contribution >= 0.6 is 0 Å². The Morgan fingerprint density at radius 3 is 1.12 bits per heavy atom. The maximum Gasteiger partial charge on any atom is 0.115 e. The van der Waals surface area contributed by atoms with Crippen LogP contribution in [0.1, 0.15) is 0 Å². The molecule has 4 N–H and O–H groups in total. The van der Waals surface area contributed by atoms with E-state index in [2.05, 4.69) is 14.7 Å². The van der Waals surface area contributed by atoms with Gasteiger partial charge in [-0.3, -0.25) is 15.8 Å². The molecule has 8 heteroatoms. The minimum absolute atomic E-state index is 0. The van der Waals surface area contributed by atoms with E-state index >= 15 is 0 Å². The fourth-order valence-corrected chi connectivity index (χ4v) is 0.428. The van der Waals surface area contributed by atoms with Gasteiger partial charge >= 0.3 is 0 Å². The van der Waals surface area contributed by atoms with Gasteiger partial charge in [0.2, 0.25) is 0 Å². The summed E-state index contributed by atoms with van der Waals surface area (Å²) in [6.45, 7) is 0. The van der Waals surface area contributed by atoms with Crippen LogP contribution in [0.15, 0.2) is 30.3 Å². The molecule has 17 heavy (non-hydrogen) atoms. The summed E-state index contributed by atoms with van der Waals surface area (Å²) in [7, 11) is 3.54. The average Bonchev–Trinajstić information content (AvgIpc) is 2.22. The summed E-state index contributed by atoms with van der Waals surface area (Å²) in [5.74, 6) is 0.322. The number of hydrogen-bond donors (Lipinski definition) is 4. The third-order valence-corrected chi connectivity index (χ3v) is 0.756. The van der Waals surface area contributed by atoms with E-state index in [9.17, 15) is 0 Å². The first-order valence-electron chi connectivity index (χ1n) is 3.91. The van der Waals surface area contributed by atoms with Crippen LogP contribution in [0, 0.1) is 0 Å². The second kappa shape index (κ2) is 29.6. The Labute approximate surface area is 115 Å². The number of para-hydroxylation sites is 1. The van der Waals surface area contributed by atoms with Crippen molar-refractivity contribution in [1.29, 1.82) is 0 Å². The molecule has 1 aromatic carbocycles. The Morgan fingerprint density at radius 2 is 1.00 bits per heavy atom. The first-order valence-corrected chi connectivity index (χ1v) is 3.91. The Morgan fingerprint density at radius 1 is 0.765 bits per heavy atom. The van der Waals surface area contributed by atoms with Crippen molar-refractivity contribution in [3.63, 3.8) is 0 Å². The monoisotopic (exact) mass is 286 g/mol. The molecule has 100 valence electrons. The van der Waals surface area contributed by atoms with E-state index in [1.807, 2.05) is 6.07 Å². The zero-order valence-electron chi connectivity index (χ0n) is 9.90. The number of aromatic hydroxyl groups is 1. The molecule has 7 nitrogen and oxygen atoms in total. The van der Waals surface area contributed by atoms with Gasteiger partial charge in [-0.25, -0.2) is 14.7 Å². The van der Waals surface area contributed by atoms with Gasteiger partial charge in [-0.2, -0.15) is 0 Å². The molecule has 0 spiro atoms. The molecule has 0 amide bonds. The fourth-order valence-electron chi connectivity index (χ4n) is 0.428. The van der Waals surface area contributed by atoms with Crippen molar-refractivity contribution in [3.8, 4) is 5.75 Å². The molecule has 1 rings (SSSR count). The Hall–Kier alpha value is -0.506. The van der Waals surface area contributed by atoms with Gasteiger partial charge in [-0.15, -0.1) is 0 Å². The third kappa shape index (κ3) is 50.2. The predicted octanol–water partition coefficient (Wildman–Crippen LogP) is 1.71. The summed E-state index contributed by atoms with van der Waals surface area (Å²) < 4.78 is 0. The number of phenols is 1. The molecular weight excluding hydrogens is 268 g/mol. The summed E-state index contributed by atoms with van der Waals surface area (Å²) in [4.78, 5) is 9.75. The van der Waals surface area contributed by atoms with Gasteiger partial charge < -0.3 is 5.11 Å². The van der Waals surface area contributed by atoms with Gasteiger partial charge in [0.15, 0.2) is 0 Å². The van der Waals surface area contributed by atoms with Crippen LogP contribution in [0.3, 0.4) is 0 Å². The van der Waals surface area contributed by atoms with Crippen molar-refractivity contribution in [1.82, 2.24) is 0 Å². The second-order valence-corrected chi connectivity index (χ2v) is 1.88. The van der Waals surface area contributed by atoms with Gasteiger partial charge in [0.25, 0.3) is 0 Å². The van der Waals surface area contributed by atoms with Gasteiger partial charge in [0.05, 0.1) is 21.3 Å². The molecule has 0 fully saturated rings. The molecule has 0 bridgehead atoms. The molecule has 0 aliphatic heterocycles. The van der Waals surface area contributed by atoms with Crippen molar-refractivity contribution >= 4 is 0 Å². The van der Waals surface area contributed by atoms with Crippen LogP contribution in [0.5, 0.6) is 5.75 Å². The number of hydrogen-bond acceptors (Lipinski definition) is 7. The van der Waals surface area contributed by atoms with E-state index in [0.29, 0.717) is 5.75 Å². The Bertz CT molecular complexity index is 181. The molecular formula is C9H18O7Ti. The Balaban J connectivity index is -0.0000000734. The largest absolute Gasteiger partial charge is 0.508 e. The van der Waals surface area contributed by atoms with Crippen molar-refractivity contribution in [2.45, 2.75) is 0 Å². The molecule has 0 saturated heterocycles. The average molecular weight is 286 g/mol. The molecule has 0 heterocycles. The molecule has 1 aromatic rings. The van der Waals surface area contributed by atoms with E-state index < -0.39 is 0 Å². The second-order valence-electron chi connectivity index (χ2n) is 1.88.